The van der Waals surface area contributed by atoms with Gasteiger partial charge in [0.2, 0.25) is 0 Å². The third kappa shape index (κ3) is 0.746. The quantitative estimate of drug-likeness (QED) is 0.657. The molecule has 2 nitrogen and oxygen atoms in total. The molecule has 68 valence electrons. The van der Waals surface area contributed by atoms with Crippen molar-refractivity contribution in [3.8, 4) is 0 Å². The highest BCUT2D eigenvalue weighted by molar-refractivity contribution is 8.03. The summed E-state index contributed by atoms with van der Waals surface area (Å²) in [7, 11) is 0. The van der Waals surface area contributed by atoms with E-state index in [2.05, 4.69) is 27.9 Å². The molecule has 0 aromatic carbocycles. The van der Waals surface area contributed by atoms with Gasteiger partial charge in [-0.25, -0.2) is 4.99 Å². The number of nitrogens with zero attached hydrogens (tertiary/aromatic N) is 2. The summed E-state index contributed by atoms with van der Waals surface area (Å²) in [5, 5.41) is 4.69. The summed E-state index contributed by atoms with van der Waals surface area (Å²) in [4.78, 5) is 10.6. The predicted molar refractivity (Wildman–Crippen MR) is 62.3 cm³/mol. The van der Waals surface area contributed by atoms with Gasteiger partial charge in [-0.2, -0.15) is 0 Å². The zero-order chi connectivity index (χ0) is 9.12. The first-order valence-electron chi connectivity index (χ1n) is 4.50. The van der Waals surface area contributed by atoms with Crippen LogP contribution in [0.1, 0.15) is 4.88 Å². The van der Waals surface area contributed by atoms with Crippen molar-refractivity contribution >= 4 is 40.2 Å². The topological polar surface area (TPSA) is 24.7 Å². The van der Waals surface area contributed by atoms with Crippen LogP contribution in [-0.4, -0.2) is 22.7 Å². The Morgan fingerprint density at radius 3 is 3.36 bits per heavy atom. The maximum absolute atomic E-state index is 4.71. The van der Waals surface area contributed by atoms with E-state index < -0.39 is 0 Å². The maximum atomic E-state index is 4.71. The summed E-state index contributed by atoms with van der Waals surface area (Å²) in [5.74, 6) is 0. The van der Waals surface area contributed by atoms with Crippen molar-refractivity contribution < 1.29 is 0 Å². The van der Waals surface area contributed by atoms with Crippen molar-refractivity contribution in [1.82, 2.24) is 0 Å². The SMILES string of the molecule is C1=CC2N=C3C(=Nc4ccsc43)C2S1. The summed E-state index contributed by atoms with van der Waals surface area (Å²) in [6.45, 7) is 0. The zero-order valence-electron chi connectivity index (χ0n) is 7.18. The Hall–Kier alpha value is -0.870. The van der Waals surface area contributed by atoms with Gasteiger partial charge in [0.05, 0.1) is 27.6 Å². The van der Waals surface area contributed by atoms with Gasteiger partial charge in [0, 0.05) is 0 Å². The van der Waals surface area contributed by atoms with Crippen molar-refractivity contribution in [2.75, 3.05) is 0 Å². The van der Waals surface area contributed by atoms with Crippen LogP contribution in [0.5, 0.6) is 0 Å². The Kier molecular flexibility index (Phi) is 1.26. The molecule has 0 saturated carbocycles. The van der Waals surface area contributed by atoms with Crippen molar-refractivity contribution in [2.45, 2.75) is 11.3 Å². The lowest BCUT2D eigenvalue weighted by Crippen LogP contribution is -2.20. The molecule has 0 amide bonds. The number of hydrogen-bond acceptors (Lipinski definition) is 4. The van der Waals surface area contributed by atoms with Crippen LogP contribution in [0, 0.1) is 0 Å². The highest BCUT2D eigenvalue weighted by Gasteiger charge is 2.41. The summed E-state index contributed by atoms with van der Waals surface area (Å²) < 4.78 is 0. The Balaban J connectivity index is 1.95. The van der Waals surface area contributed by atoms with Gasteiger partial charge < -0.3 is 0 Å². The molecular weight excluding hydrogens is 212 g/mol. The molecule has 3 aliphatic rings. The molecule has 0 N–H and O–H groups in total. The Morgan fingerprint density at radius 2 is 2.36 bits per heavy atom. The monoisotopic (exact) mass is 218 g/mol. The lowest BCUT2D eigenvalue weighted by atomic mass is 10.1. The van der Waals surface area contributed by atoms with Gasteiger partial charge in [0.15, 0.2) is 0 Å². The van der Waals surface area contributed by atoms with Crippen molar-refractivity contribution in [3.05, 3.63) is 27.8 Å². The second-order valence-corrected chi connectivity index (χ2v) is 5.45. The smallest absolute Gasteiger partial charge is 0.100 e. The van der Waals surface area contributed by atoms with Crippen molar-refractivity contribution in [3.63, 3.8) is 0 Å². The van der Waals surface area contributed by atoms with Crippen LogP contribution >= 0.6 is 23.1 Å². The van der Waals surface area contributed by atoms with E-state index in [9.17, 15) is 0 Å². The number of fused-ring (bicyclic) bond motifs is 5. The molecule has 3 aliphatic heterocycles. The van der Waals surface area contributed by atoms with Gasteiger partial charge in [-0.3, -0.25) is 4.99 Å². The minimum absolute atomic E-state index is 0.351. The number of thiophene rings is 1. The number of hydrogen-bond donors (Lipinski definition) is 0. The molecule has 0 fully saturated rings. The normalized spacial score (nSPS) is 31.1. The van der Waals surface area contributed by atoms with Crippen LogP contribution in [0.4, 0.5) is 5.69 Å². The van der Waals surface area contributed by atoms with E-state index in [-0.39, 0.29) is 0 Å². The van der Waals surface area contributed by atoms with E-state index in [1.54, 1.807) is 11.3 Å². The second-order valence-electron chi connectivity index (χ2n) is 3.49. The standard InChI is InChI=1S/C10H6N2S2/c1-3-13-9-5(1)11-8-7(9)12-6-2-4-14-10(6)8/h1-5,9H. The van der Waals surface area contributed by atoms with Crippen molar-refractivity contribution in [1.29, 1.82) is 0 Å². The number of thioether (sulfide) groups is 1. The molecule has 4 heterocycles. The molecule has 14 heavy (non-hydrogen) atoms. The fraction of sp³-hybridized carbons (Fsp3) is 0.200. The van der Waals surface area contributed by atoms with Crippen LogP contribution < -0.4 is 0 Å². The first-order valence-corrected chi connectivity index (χ1v) is 6.32. The average molecular weight is 218 g/mol. The minimum Gasteiger partial charge on any atom is -0.273 e. The predicted octanol–water partition coefficient (Wildman–Crippen LogP) is 2.63. The van der Waals surface area contributed by atoms with Crippen LogP contribution in [0.25, 0.3) is 0 Å². The fourth-order valence-corrected chi connectivity index (χ4v) is 3.93. The summed E-state index contributed by atoms with van der Waals surface area (Å²) in [6, 6.07) is 2.43. The minimum atomic E-state index is 0.351. The number of aliphatic imine (C=N–C) groups is 2. The Labute approximate surface area is 89.5 Å². The molecule has 1 aromatic rings. The van der Waals surface area contributed by atoms with Gasteiger partial charge >= 0.3 is 0 Å². The molecule has 0 aliphatic carbocycles. The Bertz CT molecular complexity index is 510. The first-order chi connectivity index (χ1) is 6.93. The third-order valence-corrected chi connectivity index (χ3v) is 4.72. The molecule has 0 bridgehead atoms. The maximum Gasteiger partial charge on any atom is 0.100 e. The van der Waals surface area contributed by atoms with Gasteiger partial charge in [0.25, 0.3) is 0 Å². The van der Waals surface area contributed by atoms with E-state index in [1.807, 2.05) is 11.8 Å². The highest BCUT2D eigenvalue weighted by Crippen LogP contribution is 2.42. The van der Waals surface area contributed by atoms with E-state index in [0.717, 1.165) is 11.4 Å². The van der Waals surface area contributed by atoms with E-state index >= 15 is 0 Å². The molecular formula is C10H6N2S2. The lowest BCUT2D eigenvalue weighted by Gasteiger charge is -2.04. The van der Waals surface area contributed by atoms with E-state index in [4.69, 9.17) is 4.99 Å². The van der Waals surface area contributed by atoms with Crippen LogP contribution in [-0.2, 0) is 0 Å². The van der Waals surface area contributed by atoms with Gasteiger partial charge in [-0.1, -0.05) is 6.08 Å². The van der Waals surface area contributed by atoms with E-state index in [1.165, 1.54) is 10.6 Å². The molecule has 0 spiro atoms. The van der Waals surface area contributed by atoms with Crippen LogP contribution in [0.15, 0.2) is 32.9 Å². The lowest BCUT2D eigenvalue weighted by molar-refractivity contribution is 0.922. The molecule has 4 rings (SSSR count). The zero-order valence-corrected chi connectivity index (χ0v) is 8.81. The molecule has 2 unspecified atom stereocenters. The second kappa shape index (κ2) is 2.38. The largest absolute Gasteiger partial charge is 0.273 e. The number of rotatable bonds is 0. The van der Waals surface area contributed by atoms with Gasteiger partial charge in [-0.15, -0.1) is 23.1 Å². The summed E-state index contributed by atoms with van der Waals surface area (Å²) in [5.41, 5.74) is 3.48. The summed E-state index contributed by atoms with van der Waals surface area (Å²) in [6.07, 6.45) is 2.18. The fourth-order valence-electron chi connectivity index (χ4n) is 2.07. The van der Waals surface area contributed by atoms with Crippen LogP contribution in [0.3, 0.4) is 0 Å². The molecule has 2 atom stereocenters. The first kappa shape index (κ1) is 7.43. The third-order valence-electron chi connectivity index (χ3n) is 2.70. The molecule has 4 heteroatoms. The average Bonchev–Trinajstić information content (AvgIpc) is 2.80. The molecule has 1 aromatic heterocycles. The van der Waals surface area contributed by atoms with Gasteiger partial charge in [-0.05, 0) is 16.9 Å². The van der Waals surface area contributed by atoms with E-state index in [0.29, 0.717) is 11.3 Å². The van der Waals surface area contributed by atoms with Crippen molar-refractivity contribution in [2.24, 2.45) is 9.98 Å². The van der Waals surface area contributed by atoms with Crippen LogP contribution in [0.2, 0.25) is 0 Å². The van der Waals surface area contributed by atoms with Gasteiger partial charge in [0.1, 0.15) is 5.71 Å². The summed E-state index contributed by atoms with van der Waals surface area (Å²) >= 11 is 3.59. The highest BCUT2D eigenvalue weighted by atomic mass is 32.2. The molecule has 0 saturated heterocycles. The Morgan fingerprint density at radius 1 is 1.36 bits per heavy atom. The molecule has 0 radical (unpaired) electrons.